The topological polar surface area (TPSA) is 134 Å². The van der Waals surface area contributed by atoms with Crippen molar-refractivity contribution in [3.05, 3.63) is 68.1 Å². The van der Waals surface area contributed by atoms with Crippen molar-refractivity contribution in [1.82, 2.24) is 0 Å². The molecule has 3 N–H and O–H groups in total. The first kappa shape index (κ1) is 32.9. The minimum absolute atomic E-state index is 0.00968. The summed E-state index contributed by atoms with van der Waals surface area (Å²) < 4.78 is 11.5. The van der Waals surface area contributed by atoms with E-state index in [1.54, 1.807) is 12.1 Å². The lowest BCUT2D eigenvalue weighted by atomic mass is 9.84. The van der Waals surface area contributed by atoms with Crippen LogP contribution in [-0.4, -0.2) is 44.6 Å². The van der Waals surface area contributed by atoms with Gasteiger partial charge in [-0.25, -0.2) is 4.79 Å². The molecular weight excluding hydrogens is 556 g/mol. The number of aliphatic hydroxyl groups is 1. The molecule has 1 heterocycles. The van der Waals surface area contributed by atoms with E-state index in [2.05, 4.69) is 0 Å². The van der Waals surface area contributed by atoms with Crippen LogP contribution >= 0.6 is 12.2 Å². The molecule has 0 saturated carbocycles. The zero-order valence-electron chi connectivity index (χ0n) is 24.5. The lowest BCUT2D eigenvalue weighted by Gasteiger charge is -2.24. The first-order chi connectivity index (χ1) is 20.1. The van der Waals surface area contributed by atoms with E-state index in [0.29, 0.717) is 59.6 Å². The molecule has 0 spiro atoms. The van der Waals surface area contributed by atoms with Gasteiger partial charge in [0.05, 0.1) is 23.5 Å². The lowest BCUT2D eigenvalue weighted by molar-refractivity contribution is 0.0656. The Bertz CT molecular complexity index is 1520. The van der Waals surface area contributed by atoms with Gasteiger partial charge in [0.15, 0.2) is 11.2 Å². The zero-order valence-corrected chi connectivity index (χ0v) is 25.3. The minimum Gasteiger partial charge on any atom is -0.507 e. The molecule has 0 amide bonds. The minimum atomic E-state index is -1.34. The standard InChI is InChI=1S/C33H40O8S/c1-4-6-13-26(35)23(25-17-21(42)18-29-31(25)27(36)19-30(41-29)33(38)39)12-9-7-8-10-16-40-28-15-14-22(20(3)34)32(37)24(28)11-5-2/h9,12,14-15,18-19,23,26,35,37H,4-8,10-11,13,16-17H2,1-3H3,(H,38,39)/b12-9-/t23-,26+/m0/s1. The fourth-order valence-corrected chi connectivity index (χ4v) is 5.44. The van der Waals surface area contributed by atoms with E-state index >= 15 is 0 Å². The summed E-state index contributed by atoms with van der Waals surface area (Å²) in [6.07, 6.45) is 10.9. The number of allylic oxidation sites excluding steroid dienone is 1. The summed E-state index contributed by atoms with van der Waals surface area (Å²) in [5, 5.41) is 31.3. The second-order valence-corrected chi connectivity index (χ2v) is 11.1. The number of aromatic hydroxyl groups is 1. The van der Waals surface area contributed by atoms with Gasteiger partial charge >= 0.3 is 5.97 Å². The average molecular weight is 597 g/mol. The van der Waals surface area contributed by atoms with E-state index in [1.807, 2.05) is 26.0 Å². The normalized spacial score (nSPS) is 14.4. The average Bonchev–Trinajstić information content (AvgIpc) is 2.93. The predicted molar refractivity (Wildman–Crippen MR) is 166 cm³/mol. The van der Waals surface area contributed by atoms with E-state index in [0.717, 1.165) is 38.2 Å². The van der Waals surface area contributed by atoms with Crippen LogP contribution in [0.1, 0.15) is 98.6 Å². The number of carbonyl (C=O) groups excluding carboxylic acids is 1. The second kappa shape index (κ2) is 15.6. The molecule has 1 aromatic heterocycles. The number of hydrogen-bond donors (Lipinski definition) is 3. The van der Waals surface area contributed by atoms with E-state index in [-0.39, 0.29) is 22.2 Å². The van der Waals surface area contributed by atoms with E-state index in [4.69, 9.17) is 21.4 Å². The summed E-state index contributed by atoms with van der Waals surface area (Å²) in [5.41, 5.74) is 1.24. The van der Waals surface area contributed by atoms with Crippen molar-refractivity contribution in [3.63, 3.8) is 0 Å². The number of aromatic carboxylic acids is 1. The molecule has 8 nitrogen and oxygen atoms in total. The number of ketones is 1. The first-order valence-electron chi connectivity index (χ1n) is 14.6. The Balaban J connectivity index is 1.75. The summed E-state index contributed by atoms with van der Waals surface area (Å²) in [4.78, 5) is 36.7. The largest absolute Gasteiger partial charge is 0.507 e. The molecule has 9 heteroatoms. The van der Waals surface area contributed by atoms with Gasteiger partial charge in [0.1, 0.15) is 16.9 Å². The van der Waals surface area contributed by atoms with Crippen LogP contribution < -0.4 is 20.8 Å². The summed E-state index contributed by atoms with van der Waals surface area (Å²) >= 11 is 5.44. The van der Waals surface area contributed by atoms with Gasteiger partial charge < -0.3 is 24.5 Å². The Morgan fingerprint density at radius 3 is 2.60 bits per heavy atom. The second-order valence-electron chi connectivity index (χ2n) is 10.6. The maximum atomic E-state index is 13.0. The molecule has 0 saturated heterocycles. The molecule has 226 valence electrons. The number of Topliss-reactive ketones (excluding diaryl/α,β-unsaturated/α-hetero) is 1. The van der Waals surface area contributed by atoms with Gasteiger partial charge in [0.25, 0.3) is 0 Å². The van der Waals surface area contributed by atoms with Crippen LogP contribution in [0.3, 0.4) is 0 Å². The molecule has 1 aliphatic rings. The van der Waals surface area contributed by atoms with Crippen molar-refractivity contribution in [2.24, 2.45) is 5.92 Å². The van der Waals surface area contributed by atoms with Crippen LogP contribution in [0.25, 0.3) is 11.6 Å². The molecule has 1 aromatic carbocycles. The van der Waals surface area contributed by atoms with E-state index in [9.17, 15) is 29.7 Å². The fraction of sp³-hybridized carbons (Fsp3) is 0.455. The summed E-state index contributed by atoms with van der Waals surface area (Å²) in [6, 6.07) is 4.30. The highest BCUT2D eigenvalue weighted by Gasteiger charge is 2.26. The molecule has 0 aliphatic heterocycles. The Labute approximate surface area is 251 Å². The number of fused-ring (bicyclic) bond motifs is 1. The highest BCUT2D eigenvalue weighted by Crippen LogP contribution is 2.33. The van der Waals surface area contributed by atoms with Crippen LogP contribution in [0, 0.1) is 5.92 Å². The zero-order chi connectivity index (χ0) is 30.8. The van der Waals surface area contributed by atoms with Crippen molar-refractivity contribution in [2.75, 3.05) is 6.61 Å². The van der Waals surface area contributed by atoms with Gasteiger partial charge in [-0.15, -0.1) is 0 Å². The quantitative estimate of drug-likeness (QED) is 0.107. The van der Waals surface area contributed by atoms with Crippen LogP contribution in [0.4, 0.5) is 0 Å². The summed E-state index contributed by atoms with van der Waals surface area (Å²) in [7, 11) is 0. The van der Waals surface area contributed by atoms with Crippen LogP contribution in [0.2, 0.25) is 0 Å². The van der Waals surface area contributed by atoms with Crippen LogP contribution in [0.15, 0.2) is 39.6 Å². The molecule has 2 atom stereocenters. The van der Waals surface area contributed by atoms with Gasteiger partial charge in [0.2, 0.25) is 5.76 Å². The number of carbonyl (C=O) groups is 2. The number of carboxylic acids is 1. The molecule has 2 aromatic rings. The molecule has 0 unspecified atom stereocenters. The number of carboxylic acid groups (broad SMARTS) is 1. The maximum Gasteiger partial charge on any atom is 0.371 e. The lowest BCUT2D eigenvalue weighted by Crippen LogP contribution is -2.46. The third kappa shape index (κ3) is 8.26. The van der Waals surface area contributed by atoms with Crippen molar-refractivity contribution in [1.29, 1.82) is 0 Å². The fourth-order valence-electron chi connectivity index (χ4n) is 5.18. The van der Waals surface area contributed by atoms with E-state index in [1.165, 1.54) is 13.0 Å². The summed E-state index contributed by atoms with van der Waals surface area (Å²) in [6.45, 7) is 5.90. The molecule has 42 heavy (non-hydrogen) atoms. The Kier molecular flexibility index (Phi) is 12.2. The number of unbranched alkanes of at least 4 members (excludes halogenated alkanes) is 3. The number of phenols is 1. The van der Waals surface area contributed by atoms with Crippen molar-refractivity contribution in [2.45, 2.75) is 84.7 Å². The number of rotatable bonds is 16. The van der Waals surface area contributed by atoms with E-state index < -0.39 is 29.2 Å². The van der Waals surface area contributed by atoms with Gasteiger partial charge in [-0.05, 0) is 62.8 Å². The maximum absolute atomic E-state index is 13.0. The van der Waals surface area contributed by atoms with Gasteiger partial charge in [0, 0.05) is 28.8 Å². The van der Waals surface area contributed by atoms with Crippen LogP contribution in [-0.2, 0) is 6.42 Å². The van der Waals surface area contributed by atoms with Crippen molar-refractivity contribution >= 4 is 40.5 Å². The van der Waals surface area contributed by atoms with Crippen molar-refractivity contribution in [3.8, 4) is 11.5 Å². The van der Waals surface area contributed by atoms with Crippen molar-refractivity contribution < 1.29 is 34.1 Å². The Morgan fingerprint density at radius 2 is 1.93 bits per heavy atom. The molecule has 0 bridgehead atoms. The van der Waals surface area contributed by atoms with Crippen LogP contribution in [0.5, 0.6) is 11.5 Å². The predicted octanol–water partition coefficient (Wildman–Crippen LogP) is 4.88. The number of phenolic OH excluding ortho intramolecular Hbond substituents is 1. The monoisotopic (exact) mass is 596 g/mol. The summed E-state index contributed by atoms with van der Waals surface area (Å²) in [5.74, 6) is -1.88. The number of aliphatic hydroxyl groups excluding tert-OH is 1. The third-order valence-corrected chi connectivity index (χ3v) is 7.58. The van der Waals surface area contributed by atoms with Gasteiger partial charge in [-0.1, -0.05) is 57.5 Å². The Hall–Kier alpha value is -3.56. The Morgan fingerprint density at radius 1 is 1.17 bits per heavy atom. The smallest absolute Gasteiger partial charge is 0.371 e. The SMILES string of the molecule is CCCC[C@@H](O)[C@@H](/C=C\CCCCOc1ccc(C(C)=O)c(O)c1CCC)C1=c2c(=O)cc(C(=O)O)oc2=CC(=S)C1. The number of benzene rings is 1. The number of thiocarbonyl (C=S) groups is 1. The number of ether oxygens (including phenoxy) is 1. The molecular formula is C33H40O8S. The number of hydrogen-bond acceptors (Lipinski definition) is 8. The molecule has 3 rings (SSSR count). The highest BCUT2D eigenvalue weighted by molar-refractivity contribution is 7.81. The highest BCUT2D eigenvalue weighted by atomic mass is 32.1. The molecule has 1 aliphatic carbocycles. The van der Waals surface area contributed by atoms with Gasteiger partial charge in [-0.3, -0.25) is 9.59 Å². The third-order valence-electron chi connectivity index (χ3n) is 7.32. The first-order valence-corrected chi connectivity index (χ1v) is 15.0. The van der Waals surface area contributed by atoms with Gasteiger partial charge in [-0.2, -0.15) is 0 Å². The molecule has 0 radical (unpaired) electrons. The molecule has 0 fully saturated rings.